The minimum absolute atomic E-state index is 0.0166. The predicted octanol–water partition coefficient (Wildman–Crippen LogP) is 1.18. The standard InChI is InChI=1S/C13H24N2O3/c1-3-8-15-9-5-4-6-11(15)13(18)14(2)10-7-12(16)17/h11H,3-10H2,1-2H3,(H,16,17)/t11-/m1/s1. The summed E-state index contributed by atoms with van der Waals surface area (Å²) in [4.78, 5) is 26.6. The molecule has 0 aromatic carbocycles. The SMILES string of the molecule is CCCN1CCCC[C@@H]1C(=O)N(C)CCC(=O)O. The molecule has 1 fully saturated rings. The van der Waals surface area contributed by atoms with E-state index in [9.17, 15) is 9.59 Å². The van der Waals surface area contributed by atoms with E-state index in [0.717, 1.165) is 38.8 Å². The molecule has 1 aliphatic heterocycles. The molecule has 0 aromatic heterocycles. The Labute approximate surface area is 109 Å². The molecule has 1 rings (SSSR count). The molecule has 18 heavy (non-hydrogen) atoms. The number of amides is 1. The normalized spacial score (nSPS) is 20.7. The van der Waals surface area contributed by atoms with Crippen LogP contribution in [0.4, 0.5) is 0 Å². The Morgan fingerprint density at radius 1 is 1.39 bits per heavy atom. The van der Waals surface area contributed by atoms with Crippen molar-refractivity contribution in [3.8, 4) is 0 Å². The van der Waals surface area contributed by atoms with Gasteiger partial charge in [-0.05, 0) is 32.4 Å². The second-order valence-corrected chi connectivity index (χ2v) is 4.95. The van der Waals surface area contributed by atoms with E-state index in [-0.39, 0.29) is 18.4 Å². The summed E-state index contributed by atoms with van der Waals surface area (Å²) in [7, 11) is 1.70. The lowest BCUT2D eigenvalue weighted by Crippen LogP contribution is -2.50. The average molecular weight is 256 g/mol. The van der Waals surface area contributed by atoms with Gasteiger partial charge in [0.25, 0.3) is 0 Å². The predicted molar refractivity (Wildman–Crippen MR) is 69.4 cm³/mol. The van der Waals surface area contributed by atoms with Crippen LogP contribution in [0, 0.1) is 0 Å². The van der Waals surface area contributed by atoms with Gasteiger partial charge in [-0.25, -0.2) is 0 Å². The molecule has 1 atom stereocenters. The smallest absolute Gasteiger partial charge is 0.305 e. The minimum atomic E-state index is -0.858. The van der Waals surface area contributed by atoms with Crippen molar-refractivity contribution in [2.24, 2.45) is 0 Å². The average Bonchev–Trinajstić information content (AvgIpc) is 2.36. The number of hydrogen-bond donors (Lipinski definition) is 1. The topological polar surface area (TPSA) is 60.9 Å². The van der Waals surface area contributed by atoms with Gasteiger partial charge in [0, 0.05) is 13.6 Å². The third-order valence-corrected chi connectivity index (χ3v) is 3.45. The summed E-state index contributed by atoms with van der Waals surface area (Å²) < 4.78 is 0. The number of carboxylic acids is 1. The second kappa shape index (κ2) is 7.36. The molecule has 0 radical (unpaired) electrons. The number of carbonyl (C=O) groups is 2. The highest BCUT2D eigenvalue weighted by molar-refractivity contribution is 5.82. The molecule has 0 unspecified atom stereocenters. The summed E-state index contributed by atoms with van der Waals surface area (Å²) in [5.74, 6) is -0.784. The third kappa shape index (κ3) is 4.29. The quantitative estimate of drug-likeness (QED) is 0.775. The van der Waals surface area contributed by atoms with Crippen LogP contribution in [-0.4, -0.2) is 59.5 Å². The van der Waals surface area contributed by atoms with Crippen LogP contribution in [0.2, 0.25) is 0 Å². The largest absolute Gasteiger partial charge is 0.481 e. The van der Waals surface area contributed by atoms with Gasteiger partial charge in [0.15, 0.2) is 0 Å². The Morgan fingerprint density at radius 3 is 2.72 bits per heavy atom. The lowest BCUT2D eigenvalue weighted by molar-refractivity contribution is -0.140. The number of likely N-dealkylation sites (tertiary alicyclic amines) is 1. The maximum absolute atomic E-state index is 12.3. The zero-order valence-corrected chi connectivity index (χ0v) is 11.4. The van der Waals surface area contributed by atoms with Crippen molar-refractivity contribution in [3.05, 3.63) is 0 Å². The summed E-state index contributed by atoms with van der Waals surface area (Å²) in [5, 5.41) is 8.64. The fourth-order valence-corrected chi connectivity index (χ4v) is 2.45. The Morgan fingerprint density at radius 2 is 2.11 bits per heavy atom. The number of carboxylic acid groups (broad SMARTS) is 1. The van der Waals surface area contributed by atoms with Gasteiger partial charge in [-0.2, -0.15) is 0 Å². The molecule has 5 nitrogen and oxygen atoms in total. The van der Waals surface area contributed by atoms with Crippen molar-refractivity contribution in [2.45, 2.75) is 45.1 Å². The van der Waals surface area contributed by atoms with E-state index in [1.54, 1.807) is 11.9 Å². The summed E-state index contributed by atoms with van der Waals surface area (Å²) in [6.45, 7) is 4.34. The van der Waals surface area contributed by atoms with Crippen LogP contribution >= 0.6 is 0 Å². The zero-order valence-electron chi connectivity index (χ0n) is 11.4. The molecule has 1 aliphatic rings. The monoisotopic (exact) mass is 256 g/mol. The van der Waals surface area contributed by atoms with Gasteiger partial charge in [-0.3, -0.25) is 14.5 Å². The van der Waals surface area contributed by atoms with Gasteiger partial charge in [0.05, 0.1) is 12.5 Å². The molecular formula is C13H24N2O3. The first-order chi connectivity index (χ1) is 8.56. The van der Waals surface area contributed by atoms with E-state index in [1.807, 2.05) is 0 Å². The third-order valence-electron chi connectivity index (χ3n) is 3.45. The van der Waals surface area contributed by atoms with E-state index < -0.39 is 5.97 Å². The fourth-order valence-electron chi connectivity index (χ4n) is 2.45. The highest BCUT2D eigenvalue weighted by Gasteiger charge is 2.29. The lowest BCUT2D eigenvalue weighted by Gasteiger charge is -2.36. The number of aliphatic carboxylic acids is 1. The number of likely N-dealkylation sites (N-methyl/N-ethyl adjacent to an activating group) is 1. The summed E-state index contributed by atoms with van der Waals surface area (Å²) >= 11 is 0. The second-order valence-electron chi connectivity index (χ2n) is 4.95. The maximum atomic E-state index is 12.3. The van der Waals surface area contributed by atoms with Crippen molar-refractivity contribution in [2.75, 3.05) is 26.7 Å². The van der Waals surface area contributed by atoms with Crippen molar-refractivity contribution in [3.63, 3.8) is 0 Å². The Balaban J connectivity index is 2.53. The minimum Gasteiger partial charge on any atom is -0.481 e. The van der Waals surface area contributed by atoms with E-state index in [2.05, 4.69) is 11.8 Å². The number of hydrogen-bond acceptors (Lipinski definition) is 3. The molecule has 0 aliphatic carbocycles. The molecular weight excluding hydrogens is 232 g/mol. The number of carbonyl (C=O) groups excluding carboxylic acids is 1. The first-order valence-corrected chi connectivity index (χ1v) is 6.77. The van der Waals surface area contributed by atoms with E-state index in [0.29, 0.717) is 6.54 Å². The highest BCUT2D eigenvalue weighted by Crippen LogP contribution is 2.19. The molecule has 5 heteroatoms. The van der Waals surface area contributed by atoms with Gasteiger partial charge in [-0.15, -0.1) is 0 Å². The fraction of sp³-hybridized carbons (Fsp3) is 0.846. The van der Waals surface area contributed by atoms with Crippen molar-refractivity contribution < 1.29 is 14.7 Å². The maximum Gasteiger partial charge on any atom is 0.305 e. The molecule has 104 valence electrons. The molecule has 1 saturated heterocycles. The van der Waals surface area contributed by atoms with Crippen LogP contribution in [0.5, 0.6) is 0 Å². The van der Waals surface area contributed by atoms with Crippen molar-refractivity contribution in [1.82, 2.24) is 9.80 Å². The van der Waals surface area contributed by atoms with Gasteiger partial charge < -0.3 is 10.0 Å². The van der Waals surface area contributed by atoms with E-state index in [4.69, 9.17) is 5.11 Å². The molecule has 0 saturated carbocycles. The number of rotatable bonds is 6. The van der Waals surface area contributed by atoms with E-state index >= 15 is 0 Å². The first kappa shape index (κ1) is 15.0. The van der Waals surface area contributed by atoms with E-state index in [1.165, 1.54) is 0 Å². The lowest BCUT2D eigenvalue weighted by atomic mass is 10.0. The number of piperidine rings is 1. The molecule has 0 spiro atoms. The summed E-state index contributed by atoms with van der Waals surface area (Å²) in [6, 6.07) is -0.0440. The van der Waals surface area contributed by atoms with Gasteiger partial charge in [0.1, 0.15) is 0 Å². The Hall–Kier alpha value is -1.10. The Kier molecular flexibility index (Phi) is 6.12. The van der Waals surface area contributed by atoms with Crippen LogP contribution in [0.25, 0.3) is 0 Å². The van der Waals surface area contributed by atoms with Crippen molar-refractivity contribution >= 4 is 11.9 Å². The number of nitrogens with zero attached hydrogens (tertiary/aromatic N) is 2. The molecule has 0 bridgehead atoms. The first-order valence-electron chi connectivity index (χ1n) is 6.77. The molecule has 1 amide bonds. The van der Waals surface area contributed by atoms with Gasteiger partial charge >= 0.3 is 5.97 Å². The summed E-state index contributed by atoms with van der Waals surface area (Å²) in [5.41, 5.74) is 0. The zero-order chi connectivity index (χ0) is 13.5. The van der Waals surface area contributed by atoms with Crippen LogP contribution in [0.3, 0.4) is 0 Å². The Bertz CT molecular complexity index is 292. The molecule has 1 heterocycles. The van der Waals surface area contributed by atoms with Crippen LogP contribution in [0.15, 0.2) is 0 Å². The van der Waals surface area contributed by atoms with Crippen molar-refractivity contribution in [1.29, 1.82) is 0 Å². The van der Waals surface area contributed by atoms with Gasteiger partial charge in [0.2, 0.25) is 5.91 Å². The molecule has 0 aromatic rings. The summed E-state index contributed by atoms with van der Waals surface area (Å²) in [6.07, 6.45) is 4.20. The van der Waals surface area contributed by atoms with Gasteiger partial charge in [-0.1, -0.05) is 13.3 Å². The van der Waals surface area contributed by atoms with Crippen LogP contribution < -0.4 is 0 Å². The molecule has 1 N–H and O–H groups in total. The van der Waals surface area contributed by atoms with Crippen LogP contribution in [0.1, 0.15) is 39.0 Å². The highest BCUT2D eigenvalue weighted by atomic mass is 16.4. The van der Waals surface area contributed by atoms with Crippen LogP contribution in [-0.2, 0) is 9.59 Å².